The molecule has 1 aromatic rings. The van der Waals surface area contributed by atoms with E-state index in [1.807, 2.05) is 0 Å². The first-order valence-electron chi connectivity index (χ1n) is 8.98. The summed E-state index contributed by atoms with van der Waals surface area (Å²) in [5.74, 6) is -2.62. The minimum atomic E-state index is -0.951. The van der Waals surface area contributed by atoms with E-state index in [9.17, 15) is 29.2 Å². The van der Waals surface area contributed by atoms with E-state index < -0.39 is 35.0 Å². The van der Waals surface area contributed by atoms with Crippen molar-refractivity contribution in [2.24, 2.45) is 16.3 Å². The average Bonchev–Trinajstić information content (AvgIpc) is 3.02. The maximum Gasteiger partial charge on any atom is 0.270 e. The number of carbonyl (C=O) groups excluding carboxylic acids is 3. The number of carbonyl (C=O) groups is 3. The van der Waals surface area contributed by atoms with Crippen molar-refractivity contribution in [3.63, 3.8) is 0 Å². The summed E-state index contributed by atoms with van der Waals surface area (Å²) in [4.78, 5) is 41.9. The van der Waals surface area contributed by atoms with Crippen LogP contribution in [0.5, 0.6) is 0 Å². The Labute approximate surface area is 167 Å². The predicted molar refractivity (Wildman–Crippen MR) is 98.9 cm³/mol. The summed E-state index contributed by atoms with van der Waals surface area (Å²) in [6.07, 6.45) is 1.16. The Bertz CT molecular complexity index is 889. The number of halogens is 1. The third-order valence-corrected chi connectivity index (χ3v) is 4.75. The van der Waals surface area contributed by atoms with E-state index in [1.165, 1.54) is 4.90 Å². The van der Waals surface area contributed by atoms with Crippen LogP contribution in [0, 0.1) is 17.2 Å². The van der Waals surface area contributed by atoms with Crippen molar-refractivity contribution < 1.29 is 29.2 Å². The maximum atomic E-state index is 13.2. The number of rotatable bonds is 5. The van der Waals surface area contributed by atoms with Crippen LogP contribution in [0.2, 0.25) is 0 Å². The van der Waals surface area contributed by atoms with Gasteiger partial charge in [-0.1, -0.05) is 32.9 Å². The molecule has 29 heavy (non-hydrogen) atoms. The smallest absolute Gasteiger partial charge is 0.270 e. The molecule has 10 heteroatoms. The van der Waals surface area contributed by atoms with Gasteiger partial charge in [0.2, 0.25) is 12.3 Å². The van der Waals surface area contributed by atoms with E-state index in [1.54, 1.807) is 20.8 Å². The summed E-state index contributed by atoms with van der Waals surface area (Å²) in [5.41, 5.74) is -0.149. The van der Waals surface area contributed by atoms with Crippen LogP contribution >= 0.6 is 0 Å². The van der Waals surface area contributed by atoms with Crippen LogP contribution in [-0.4, -0.2) is 62.5 Å². The lowest BCUT2D eigenvalue weighted by Gasteiger charge is -2.35. The second-order valence-corrected chi connectivity index (χ2v) is 8.08. The number of hydrogen-bond donors (Lipinski definition) is 2. The number of likely N-dealkylation sites (tertiary alicyclic amines) is 1. The van der Waals surface area contributed by atoms with Crippen molar-refractivity contribution in [2.45, 2.75) is 33.2 Å². The molecule has 0 bridgehead atoms. The van der Waals surface area contributed by atoms with E-state index in [2.05, 4.69) is 11.6 Å². The molecular weight excluding hydrogens is 383 g/mol. The van der Waals surface area contributed by atoms with Crippen molar-refractivity contribution in [3.8, 4) is 0 Å². The highest BCUT2D eigenvalue weighted by Crippen LogP contribution is 2.32. The van der Waals surface area contributed by atoms with E-state index >= 15 is 0 Å². The highest BCUT2D eigenvalue weighted by Gasteiger charge is 2.42. The van der Waals surface area contributed by atoms with Crippen LogP contribution in [0.1, 0.15) is 27.2 Å². The Hall–Kier alpha value is -3.01. The zero-order valence-corrected chi connectivity index (χ0v) is 16.6. The lowest BCUT2D eigenvalue weighted by molar-refractivity contribution is -0.161. The van der Waals surface area contributed by atoms with Gasteiger partial charge in [0, 0.05) is 6.54 Å². The van der Waals surface area contributed by atoms with Gasteiger partial charge in [0.05, 0.1) is 18.7 Å². The molecule has 0 spiro atoms. The molecule has 1 aliphatic heterocycles. The summed E-state index contributed by atoms with van der Waals surface area (Å²) in [5, 5.41) is 19.7. The molecule has 2 unspecified atom stereocenters. The van der Waals surface area contributed by atoms with Gasteiger partial charge in [-0.3, -0.25) is 19.6 Å². The molecule has 2 N–H and O–H groups in total. The summed E-state index contributed by atoms with van der Waals surface area (Å²) < 4.78 is 13.5. The number of aromatic nitrogens is 1. The monoisotopic (exact) mass is 408 g/mol. The van der Waals surface area contributed by atoms with Crippen LogP contribution in [0.25, 0.3) is 0 Å². The fourth-order valence-corrected chi connectivity index (χ4v) is 3.14. The minimum Gasteiger partial charge on any atom is -0.427 e. The van der Waals surface area contributed by atoms with Gasteiger partial charge in [-0.15, -0.1) is 0 Å². The second-order valence-electron chi connectivity index (χ2n) is 8.08. The normalized spacial score (nSPS) is 18.7. The molecular formula is C19H25FN4O5. The number of amides is 3. The fourth-order valence-electron chi connectivity index (χ4n) is 3.14. The highest BCUT2D eigenvalue weighted by molar-refractivity contribution is 5.90. The first-order valence-corrected chi connectivity index (χ1v) is 8.98. The second kappa shape index (κ2) is 8.56. The summed E-state index contributed by atoms with van der Waals surface area (Å²) in [6.45, 7) is 9.10. The highest BCUT2D eigenvalue weighted by atomic mass is 19.1. The molecule has 1 aliphatic rings. The topological polar surface area (TPSA) is 115 Å². The number of nitrogens with zero attached hydrogens (tertiary/aromatic N) is 4. The maximum absolute atomic E-state index is 13.2. The molecule has 0 radical (unpaired) electrons. The largest absolute Gasteiger partial charge is 0.427 e. The van der Waals surface area contributed by atoms with Gasteiger partial charge in [0.1, 0.15) is 11.9 Å². The zero-order chi connectivity index (χ0) is 21.9. The quantitative estimate of drug-likeness (QED) is 0.248. The van der Waals surface area contributed by atoms with Gasteiger partial charge in [-0.25, -0.2) is 9.45 Å². The van der Waals surface area contributed by atoms with E-state index in [0.29, 0.717) is 15.4 Å². The van der Waals surface area contributed by atoms with Gasteiger partial charge in [0.25, 0.3) is 5.91 Å². The van der Waals surface area contributed by atoms with Gasteiger partial charge in [0.15, 0.2) is 5.49 Å². The number of hydrogen-bond acceptors (Lipinski definition) is 5. The van der Waals surface area contributed by atoms with Crippen LogP contribution in [0.4, 0.5) is 4.39 Å². The third-order valence-electron chi connectivity index (χ3n) is 4.75. The summed E-state index contributed by atoms with van der Waals surface area (Å²) in [7, 11) is 0. The molecule has 1 saturated heterocycles. The Morgan fingerprint density at radius 1 is 1.45 bits per heavy atom. The zero-order valence-electron chi connectivity index (χ0n) is 16.6. The average molecular weight is 408 g/mol. The molecule has 158 valence electrons. The summed E-state index contributed by atoms with van der Waals surface area (Å²) >= 11 is 0. The summed E-state index contributed by atoms with van der Waals surface area (Å²) in [6, 6.07) is 1.22. The van der Waals surface area contributed by atoms with Gasteiger partial charge in [-0.2, -0.15) is 9.72 Å². The first kappa shape index (κ1) is 22.3. The lowest BCUT2D eigenvalue weighted by atomic mass is 9.79. The molecule has 3 amide bonds. The van der Waals surface area contributed by atoms with Crippen LogP contribution in [-0.2, 0) is 14.4 Å². The molecule has 9 nitrogen and oxygen atoms in total. The van der Waals surface area contributed by atoms with Crippen molar-refractivity contribution in [1.82, 2.24) is 14.7 Å². The SMILES string of the molecule is C=C1CC(C(=O)N=c2ccc(F)cn2O)N(C(=O)C(CN(O)C=O)C(C)(C)C)C1. The molecule has 0 saturated carbocycles. The van der Waals surface area contributed by atoms with Crippen LogP contribution < -0.4 is 5.49 Å². The van der Waals surface area contributed by atoms with Gasteiger partial charge < -0.3 is 10.1 Å². The van der Waals surface area contributed by atoms with E-state index in [-0.39, 0.29) is 31.4 Å². The molecule has 2 rings (SSSR count). The Morgan fingerprint density at radius 2 is 2.10 bits per heavy atom. The van der Waals surface area contributed by atoms with Gasteiger partial charge in [-0.05, 0) is 24.0 Å². The molecule has 1 aromatic heterocycles. The number of pyridine rings is 1. The third kappa shape index (κ3) is 5.29. The van der Waals surface area contributed by atoms with Crippen molar-refractivity contribution in [1.29, 1.82) is 0 Å². The molecule has 0 aliphatic carbocycles. The lowest BCUT2D eigenvalue weighted by Crippen LogP contribution is -2.49. The Kier molecular flexibility index (Phi) is 6.58. The Morgan fingerprint density at radius 3 is 2.66 bits per heavy atom. The molecule has 2 atom stereocenters. The fraction of sp³-hybridized carbons (Fsp3) is 0.474. The number of hydroxylamine groups is 2. The Balaban J connectivity index is 2.35. The minimum absolute atomic E-state index is 0.131. The molecule has 0 aromatic carbocycles. The molecule has 2 heterocycles. The molecule has 1 fully saturated rings. The van der Waals surface area contributed by atoms with E-state index in [0.717, 1.165) is 18.3 Å². The van der Waals surface area contributed by atoms with Crippen molar-refractivity contribution >= 4 is 18.2 Å². The van der Waals surface area contributed by atoms with Gasteiger partial charge >= 0.3 is 0 Å². The first-order chi connectivity index (χ1) is 13.4. The predicted octanol–water partition coefficient (Wildman–Crippen LogP) is 0.959. The van der Waals surface area contributed by atoms with E-state index in [4.69, 9.17) is 0 Å². The van der Waals surface area contributed by atoms with Crippen LogP contribution in [0.15, 0.2) is 35.5 Å². The standard InChI is InChI=1S/C19H25FN4O5/c1-12-7-15(17(26)21-16-6-5-13(20)9-24(16)29)23(8-12)18(27)14(19(2,3)4)10-22(28)11-25/h5-6,9,11,14-15,28-29H,1,7-8,10H2,2-4H3. The van der Waals surface area contributed by atoms with Crippen molar-refractivity contribution in [2.75, 3.05) is 13.1 Å². The van der Waals surface area contributed by atoms with Crippen LogP contribution in [0.3, 0.4) is 0 Å². The van der Waals surface area contributed by atoms with Crippen molar-refractivity contribution in [3.05, 3.63) is 41.8 Å².